The number of nitrogens with two attached hydrogens (primary N) is 1. The first-order chi connectivity index (χ1) is 9.12. The van der Waals surface area contributed by atoms with Crippen molar-refractivity contribution < 1.29 is 9.59 Å². The van der Waals surface area contributed by atoms with Crippen LogP contribution < -0.4 is 16.6 Å². The van der Waals surface area contributed by atoms with Crippen molar-refractivity contribution >= 4 is 23.0 Å². The number of Topliss-reactive ketones (excluding diaryl/α,β-unsaturated/α-hetero) is 1. The standard InChI is InChI=1S/C13H15N3O2S/c1-2-3-11(16-14)13(9-4-5-19-8-9)7-10(17)6-12(18)15-13/h2-5,8,16H,1,6-7,14H2,(H,15,18)/b11-3-. The van der Waals surface area contributed by atoms with Gasteiger partial charge < -0.3 is 10.7 Å². The Balaban J connectivity index is 2.55. The van der Waals surface area contributed by atoms with Gasteiger partial charge in [0.2, 0.25) is 5.91 Å². The molecule has 1 aliphatic rings. The molecule has 1 aromatic rings. The molecule has 0 aliphatic carbocycles. The molecule has 1 atom stereocenters. The van der Waals surface area contributed by atoms with Gasteiger partial charge >= 0.3 is 0 Å². The number of rotatable bonds is 4. The average Bonchev–Trinajstić information content (AvgIpc) is 2.88. The third-order valence-electron chi connectivity index (χ3n) is 3.09. The molecule has 1 aromatic heterocycles. The summed E-state index contributed by atoms with van der Waals surface area (Å²) in [5, 5.41) is 6.68. The Bertz CT molecular complexity index is 518. The molecule has 2 rings (SSSR count). The summed E-state index contributed by atoms with van der Waals surface area (Å²) in [4.78, 5) is 23.6. The highest BCUT2D eigenvalue weighted by Gasteiger charge is 2.43. The van der Waals surface area contributed by atoms with Crippen LogP contribution in [-0.2, 0) is 15.1 Å². The first-order valence-electron chi connectivity index (χ1n) is 5.77. The molecule has 5 nitrogen and oxygen atoms in total. The predicted octanol–water partition coefficient (Wildman–Crippen LogP) is 0.956. The molecule has 4 N–H and O–H groups in total. The van der Waals surface area contributed by atoms with Crippen molar-refractivity contribution in [2.24, 2.45) is 5.84 Å². The lowest BCUT2D eigenvalue weighted by molar-refractivity contribution is -0.133. The molecule has 1 amide bonds. The van der Waals surface area contributed by atoms with Crippen LogP contribution in [0.4, 0.5) is 0 Å². The summed E-state index contributed by atoms with van der Waals surface area (Å²) in [5.41, 5.74) is 3.03. The Morgan fingerprint density at radius 3 is 2.89 bits per heavy atom. The lowest BCUT2D eigenvalue weighted by Crippen LogP contribution is -2.56. The van der Waals surface area contributed by atoms with E-state index in [9.17, 15) is 9.59 Å². The molecule has 0 bridgehead atoms. The van der Waals surface area contributed by atoms with Gasteiger partial charge in [0.05, 0.1) is 12.1 Å². The van der Waals surface area contributed by atoms with Gasteiger partial charge in [0.15, 0.2) is 0 Å². The molecule has 6 heteroatoms. The van der Waals surface area contributed by atoms with Crippen LogP contribution in [-0.4, -0.2) is 11.7 Å². The molecule has 1 fully saturated rings. The number of carbonyl (C=O) groups excluding carboxylic acids is 2. The fourth-order valence-corrected chi connectivity index (χ4v) is 3.02. The van der Waals surface area contributed by atoms with Gasteiger partial charge in [0, 0.05) is 6.42 Å². The Labute approximate surface area is 115 Å². The fourth-order valence-electron chi connectivity index (χ4n) is 2.29. The first-order valence-corrected chi connectivity index (χ1v) is 6.72. The van der Waals surface area contributed by atoms with Crippen molar-refractivity contribution in [3.05, 3.63) is 46.8 Å². The second-order valence-corrected chi connectivity index (χ2v) is 5.10. The number of hydrazine groups is 1. The van der Waals surface area contributed by atoms with Crippen LogP contribution in [0.2, 0.25) is 0 Å². The summed E-state index contributed by atoms with van der Waals surface area (Å²) in [6.45, 7) is 3.63. The third-order valence-corrected chi connectivity index (χ3v) is 3.77. The molecular formula is C13H15N3O2S. The van der Waals surface area contributed by atoms with Crippen LogP contribution in [0.3, 0.4) is 0 Å². The van der Waals surface area contributed by atoms with Crippen LogP contribution in [0, 0.1) is 0 Å². The fraction of sp³-hybridized carbons (Fsp3) is 0.231. The van der Waals surface area contributed by atoms with E-state index < -0.39 is 5.54 Å². The normalized spacial score (nSPS) is 23.9. The molecule has 0 aromatic carbocycles. The van der Waals surface area contributed by atoms with Gasteiger partial charge in [-0.15, -0.1) is 0 Å². The number of hydrogen-bond donors (Lipinski definition) is 3. The van der Waals surface area contributed by atoms with Gasteiger partial charge in [0.25, 0.3) is 0 Å². The minimum Gasteiger partial charge on any atom is -0.340 e. The van der Waals surface area contributed by atoms with Crippen molar-refractivity contribution in [2.45, 2.75) is 18.4 Å². The van der Waals surface area contributed by atoms with Gasteiger partial charge in [-0.2, -0.15) is 11.3 Å². The quantitative estimate of drug-likeness (QED) is 0.331. The zero-order chi connectivity index (χ0) is 13.9. The minimum atomic E-state index is -0.921. The number of hydrogen-bond acceptors (Lipinski definition) is 5. The topological polar surface area (TPSA) is 84.2 Å². The number of piperidine rings is 1. The maximum atomic E-state index is 11.8. The second-order valence-electron chi connectivity index (χ2n) is 4.32. The van der Waals surface area contributed by atoms with E-state index in [1.807, 2.05) is 16.8 Å². The number of carbonyl (C=O) groups is 2. The monoisotopic (exact) mass is 277 g/mol. The van der Waals surface area contributed by atoms with Gasteiger partial charge in [-0.1, -0.05) is 12.7 Å². The molecule has 0 radical (unpaired) electrons. The SMILES string of the molecule is C=C/C=C(\NN)C1(c2ccsc2)CC(=O)CC(=O)N1. The van der Waals surface area contributed by atoms with Crippen molar-refractivity contribution in [1.82, 2.24) is 10.7 Å². The molecular weight excluding hydrogens is 262 g/mol. The smallest absolute Gasteiger partial charge is 0.228 e. The highest BCUT2D eigenvalue weighted by Crippen LogP contribution is 2.36. The number of ketones is 1. The number of amides is 1. The highest BCUT2D eigenvalue weighted by molar-refractivity contribution is 7.08. The van der Waals surface area contributed by atoms with E-state index in [1.54, 1.807) is 12.2 Å². The molecule has 0 spiro atoms. The highest BCUT2D eigenvalue weighted by atomic mass is 32.1. The summed E-state index contributed by atoms with van der Waals surface area (Å²) in [6.07, 6.45) is 3.32. The minimum absolute atomic E-state index is 0.0855. The lowest BCUT2D eigenvalue weighted by Gasteiger charge is -2.38. The first kappa shape index (κ1) is 13.5. The molecule has 2 heterocycles. The zero-order valence-electron chi connectivity index (χ0n) is 10.3. The van der Waals surface area contributed by atoms with Crippen LogP contribution in [0.15, 0.2) is 41.3 Å². The molecule has 19 heavy (non-hydrogen) atoms. The summed E-state index contributed by atoms with van der Waals surface area (Å²) in [6, 6.07) is 1.87. The van der Waals surface area contributed by atoms with E-state index in [2.05, 4.69) is 17.3 Å². The summed E-state index contributed by atoms with van der Waals surface area (Å²) >= 11 is 1.50. The van der Waals surface area contributed by atoms with Crippen molar-refractivity contribution in [2.75, 3.05) is 0 Å². The zero-order valence-corrected chi connectivity index (χ0v) is 11.1. The molecule has 1 saturated heterocycles. The van der Waals surface area contributed by atoms with E-state index in [-0.39, 0.29) is 24.5 Å². The number of thiophene rings is 1. The third kappa shape index (κ3) is 2.45. The lowest BCUT2D eigenvalue weighted by atomic mass is 9.80. The Hall–Kier alpha value is -1.92. The predicted molar refractivity (Wildman–Crippen MR) is 74.0 cm³/mol. The average molecular weight is 277 g/mol. The van der Waals surface area contributed by atoms with Gasteiger partial charge in [0.1, 0.15) is 11.3 Å². The van der Waals surface area contributed by atoms with E-state index in [0.29, 0.717) is 5.70 Å². The molecule has 1 aliphatic heterocycles. The summed E-state index contributed by atoms with van der Waals surface area (Å²) in [5.74, 6) is 5.14. The Kier molecular flexibility index (Phi) is 3.82. The van der Waals surface area contributed by atoms with Crippen LogP contribution in [0.25, 0.3) is 0 Å². The van der Waals surface area contributed by atoms with E-state index in [4.69, 9.17) is 5.84 Å². The van der Waals surface area contributed by atoms with E-state index >= 15 is 0 Å². The van der Waals surface area contributed by atoms with Crippen LogP contribution in [0.5, 0.6) is 0 Å². The Morgan fingerprint density at radius 1 is 1.58 bits per heavy atom. The number of allylic oxidation sites excluding steroid dienone is 2. The van der Waals surface area contributed by atoms with Crippen molar-refractivity contribution in [1.29, 1.82) is 0 Å². The van der Waals surface area contributed by atoms with Crippen LogP contribution in [0.1, 0.15) is 18.4 Å². The van der Waals surface area contributed by atoms with E-state index in [1.165, 1.54) is 11.3 Å². The second kappa shape index (κ2) is 5.38. The number of nitrogens with one attached hydrogen (secondary N) is 2. The van der Waals surface area contributed by atoms with Crippen molar-refractivity contribution in [3.63, 3.8) is 0 Å². The molecule has 1 unspecified atom stereocenters. The van der Waals surface area contributed by atoms with Gasteiger partial charge in [-0.3, -0.25) is 15.4 Å². The van der Waals surface area contributed by atoms with E-state index in [0.717, 1.165) is 5.56 Å². The Morgan fingerprint density at radius 2 is 2.37 bits per heavy atom. The summed E-state index contributed by atoms with van der Waals surface area (Å²) < 4.78 is 0. The van der Waals surface area contributed by atoms with Gasteiger partial charge in [-0.05, 0) is 28.5 Å². The molecule has 0 saturated carbocycles. The molecule has 100 valence electrons. The van der Waals surface area contributed by atoms with Crippen molar-refractivity contribution in [3.8, 4) is 0 Å². The largest absolute Gasteiger partial charge is 0.340 e. The van der Waals surface area contributed by atoms with Gasteiger partial charge in [-0.25, -0.2) is 0 Å². The maximum absolute atomic E-state index is 11.8. The van der Waals surface area contributed by atoms with Crippen LogP contribution >= 0.6 is 11.3 Å². The maximum Gasteiger partial charge on any atom is 0.228 e. The summed E-state index contributed by atoms with van der Waals surface area (Å²) in [7, 11) is 0.